The highest BCUT2D eigenvalue weighted by Crippen LogP contribution is 2.51. The van der Waals surface area contributed by atoms with E-state index in [9.17, 15) is 10.2 Å². The molecule has 0 bridgehead atoms. The molecule has 2 atom stereocenters. The van der Waals surface area contributed by atoms with Crippen molar-refractivity contribution in [1.82, 2.24) is 0 Å². The molecule has 0 aromatic heterocycles. The van der Waals surface area contributed by atoms with Gasteiger partial charge >= 0.3 is 0 Å². The lowest BCUT2D eigenvalue weighted by Crippen LogP contribution is -2.39. The van der Waals surface area contributed by atoms with Crippen LogP contribution in [0.1, 0.15) is 22.3 Å². The van der Waals surface area contributed by atoms with Crippen molar-refractivity contribution in [2.75, 3.05) is 0 Å². The average Bonchev–Trinajstić information content (AvgIpc) is 2.80. The second kappa shape index (κ2) is 8.26. The zero-order chi connectivity index (χ0) is 21.2. The van der Waals surface area contributed by atoms with Gasteiger partial charge in [-0.2, -0.15) is 0 Å². The van der Waals surface area contributed by atoms with E-state index < -0.39 is 11.2 Å². The third-order valence-corrected chi connectivity index (χ3v) is 7.33. The Balaban J connectivity index is 1.89. The van der Waals surface area contributed by atoms with Crippen molar-refractivity contribution in [2.24, 2.45) is 0 Å². The molecule has 0 amide bonds. The van der Waals surface area contributed by atoms with Crippen molar-refractivity contribution in [2.45, 2.75) is 11.2 Å². The van der Waals surface area contributed by atoms with Gasteiger partial charge in [0.1, 0.15) is 0 Å². The van der Waals surface area contributed by atoms with Gasteiger partial charge in [-0.25, -0.2) is 0 Å². The lowest BCUT2D eigenvalue weighted by Gasteiger charge is -2.38. The molecule has 0 spiro atoms. The fraction of sp³-hybridized carbons (Fsp3) is 0.0769. The minimum absolute atomic E-state index is 0.321. The lowest BCUT2D eigenvalue weighted by molar-refractivity contribution is 0.105. The predicted molar refractivity (Wildman–Crippen MR) is 126 cm³/mol. The highest BCUT2D eigenvalue weighted by molar-refractivity contribution is 9.14. The molecule has 4 rings (SSSR count). The van der Waals surface area contributed by atoms with Crippen LogP contribution >= 0.6 is 31.9 Å². The SMILES string of the molecule is OC1(C#Cc2ccccc2)C(Br)=C(Br)C(O)(C#Cc2ccccc2)c2ccccc21. The Morgan fingerprint density at radius 1 is 0.533 bits per heavy atom. The molecule has 1 aliphatic carbocycles. The number of rotatable bonds is 0. The van der Waals surface area contributed by atoms with Gasteiger partial charge in [-0.1, -0.05) is 84.3 Å². The van der Waals surface area contributed by atoms with Gasteiger partial charge in [0.15, 0.2) is 11.2 Å². The number of benzene rings is 3. The van der Waals surface area contributed by atoms with E-state index in [0.29, 0.717) is 20.1 Å². The lowest BCUT2D eigenvalue weighted by atomic mass is 9.76. The van der Waals surface area contributed by atoms with Crippen molar-refractivity contribution in [1.29, 1.82) is 0 Å². The summed E-state index contributed by atoms with van der Waals surface area (Å²) < 4.78 is 0.643. The van der Waals surface area contributed by atoms with Gasteiger partial charge in [0, 0.05) is 22.3 Å². The van der Waals surface area contributed by atoms with Crippen LogP contribution in [-0.4, -0.2) is 10.2 Å². The molecule has 0 saturated heterocycles. The molecule has 2 unspecified atom stereocenters. The first-order valence-corrected chi connectivity index (χ1v) is 10.8. The Morgan fingerprint density at radius 2 is 0.867 bits per heavy atom. The van der Waals surface area contributed by atoms with Gasteiger partial charge < -0.3 is 10.2 Å². The minimum atomic E-state index is -1.63. The molecule has 3 aromatic carbocycles. The van der Waals surface area contributed by atoms with Crippen molar-refractivity contribution in [3.8, 4) is 23.7 Å². The topological polar surface area (TPSA) is 40.5 Å². The van der Waals surface area contributed by atoms with Crippen molar-refractivity contribution in [3.63, 3.8) is 0 Å². The Kier molecular flexibility index (Phi) is 5.69. The summed E-state index contributed by atoms with van der Waals surface area (Å²) >= 11 is 6.95. The summed E-state index contributed by atoms with van der Waals surface area (Å²) in [4.78, 5) is 0. The predicted octanol–water partition coefficient (Wildman–Crippen LogP) is 5.18. The van der Waals surface area contributed by atoms with E-state index >= 15 is 0 Å². The molecular formula is C26H16Br2O2. The quantitative estimate of drug-likeness (QED) is 0.402. The summed E-state index contributed by atoms with van der Waals surface area (Å²) in [6.07, 6.45) is 0. The molecule has 0 heterocycles. The highest BCUT2D eigenvalue weighted by atomic mass is 79.9. The van der Waals surface area contributed by atoms with Gasteiger partial charge in [-0.3, -0.25) is 0 Å². The van der Waals surface area contributed by atoms with Crippen LogP contribution in [0.25, 0.3) is 0 Å². The Bertz CT molecular complexity index is 1150. The van der Waals surface area contributed by atoms with Crippen LogP contribution in [0.3, 0.4) is 0 Å². The van der Waals surface area contributed by atoms with Gasteiger partial charge in [0.05, 0.1) is 8.96 Å². The first-order chi connectivity index (χ1) is 14.4. The van der Waals surface area contributed by atoms with Crippen LogP contribution in [-0.2, 0) is 11.2 Å². The van der Waals surface area contributed by atoms with E-state index in [1.54, 1.807) is 24.3 Å². The summed E-state index contributed by atoms with van der Waals surface area (Å²) in [5.41, 5.74) is -0.742. The third kappa shape index (κ3) is 3.65. The maximum atomic E-state index is 11.6. The third-order valence-electron chi connectivity index (χ3n) is 4.86. The Morgan fingerprint density at radius 3 is 1.23 bits per heavy atom. The smallest absolute Gasteiger partial charge is 0.185 e. The Hall–Kier alpha value is -2.60. The monoisotopic (exact) mass is 518 g/mol. The summed E-state index contributed by atoms with van der Waals surface area (Å²) in [5.74, 6) is 12.0. The number of hydrogen-bond donors (Lipinski definition) is 2. The van der Waals surface area contributed by atoms with Crippen LogP contribution in [0, 0.1) is 23.7 Å². The number of halogens is 2. The van der Waals surface area contributed by atoms with E-state index in [-0.39, 0.29) is 0 Å². The van der Waals surface area contributed by atoms with Gasteiger partial charge in [-0.15, -0.1) is 0 Å². The summed E-state index contributed by atoms with van der Waals surface area (Å²) in [6.45, 7) is 0. The van der Waals surface area contributed by atoms with Crippen molar-refractivity contribution >= 4 is 31.9 Å². The molecule has 3 aromatic rings. The van der Waals surface area contributed by atoms with E-state index in [4.69, 9.17) is 0 Å². The second-order valence-electron chi connectivity index (χ2n) is 6.83. The first kappa shape index (κ1) is 20.7. The second-order valence-corrected chi connectivity index (χ2v) is 8.41. The molecule has 2 nitrogen and oxygen atoms in total. The zero-order valence-electron chi connectivity index (χ0n) is 15.7. The molecule has 0 fully saturated rings. The van der Waals surface area contributed by atoms with E-state index in [1.165, 1.54) is 0 Å². The molecule has 1 aliphatic rings. The van der Waals surface area contributed by atoms with Crippen molar-refractivity contribution < 1.29 is 10.2 Å². The first-order valence-electron chi connectivity index (χ1n) is 9.22. The van der Waals surface area contributed by atoms with E-state index in [0.717, 1.165) is 11.1 Å². The standard InChI is InChI=1S/C26H16Br2O2/c27-23-24(28)26(30,18-16-20-11-5-2-6-12-20)22-14-8-7-13-21(22)25(23,29)17-15-19-9-3-1-4-10-19/h1-14,29-30H. The summed E-state index contributed by atoms with van der Waals surface area (Å²) in [6, 6.07) is 26.0. The van der Waals surface area contributed by atoms with Crippen LogP contribution in [0.15, 0.2) is 93.9 Å². The van der Waals surface area contributed by atoms with Gasteiger partial charge in [0.2, 0.25) is 0 Å². The molecule has 0 saturated carbocycles. The zero-order valence-corrected chi connectivity index (χ0v) is 18.9. The van der Waals surface area contributed by atoms with Crippen molar-refractivity contribution in [3.05, 3.63) is 116 Å². The maximum absolute atomic E-state index is 11.6. The summed E-state index contributed by atoms with van der Waals surface area (Å²) in [5, 5.41) is 23.1. The van der Waals surface area contributed by atoms with E-state index in [1.807, 2.05) is 60.7 Å². The largest absolute Gasteiger partial charge is 0.369 e. The molecule has 0 aliphatic heterocycles. The number of hydrogen-bond acceptors (Lipinski definition) is 2. The maximum Gasteiger partial charge on any atom is 0.185 e. The van der Waals surface area contributed by atoms with Crippen LogP contribution < -0.4 is 0 Å². The fourth-order valence-electron chi connectivity index (χ4n) is 3.28. The average molecular weight is 520 g/mol. The number of aliphatic hydroxyl groups is 2. The van der Waals surface area contributed by atoms with Crippen LogP contribution in [0.4, 0.5) is 0 Å². The normalized spacial score (nSPS) is 22.3. The molecule has 4 heteroatoms. The van der Waals surface area contributed by atoms with E-state index in [2.05, 4.69) is 55.5 Å². The molecule has 0 radical (unpaired) electrons. The summed E-state index contributed by atoms with van der Waals surface area (Å²) in [7, 11) is 0. The molecular weight excluding hydrogens is 504 g/mol. The van der Waals surface area contributed by atoms with Crippen LogP contribution in [0.5, 0.6) is 0 Å². The van der Waals surface area contributed by atoms with Gasteiger partial charge in [-0.05, 0) is 56.1 Å². The van der Waals surface area contributed by atoms with Gasteiger partial charge in [0.25, 0.3) is 0 Å². The Labute approximate surface area is 192 Å². The molecule has 30 heavy (non-hydrogen) atoms. The molecule has 2 N–H and O–H groups in total. The minimum Gasteiger partial charge on any atom is -0.369 e. The number of fused-ring (bicyclic) bond motifs is 1. The van der Waals surface area contributed by atoms with Crippen LogP contribution in [0.2, 0.25) is 0 Å². The molecule has 146 valence electrons. The highest BCUT2D eigenvalue weighted by Gasteiger charge is 2.48. The fourth-order valence-corrected chi connectivity index (χ4v) is 4.48.